The Balaban J connectivity index is 2.46. The number of benzene rings is 2. The molecule has 2 nitrogen and oxygen atoms in total. The number of phenolic OH excluding ortho intramolecular Hbond substituents is 1. The van der Waals surface area contributed by atoms with Crippen molar-refractivity contribution in [2.45, 2.75) is 6.92 Å². The van der Waals surface area contributed by atoms with Crippen LogP contribution in [-0.2, 0) is 0 Å². The summed E-state index contributed by atoms with van der Waals surface area (Å²) in [4.78, 5) is 0. The van der Waals surface area contributed by atoms with Crippen LogP contribution < -0.4 is 0 Å². The Morgan fingerprint density at radius 1 is 1.00 bits per heavy atom. The van der Waals surface area contributed by atoms with Crippen molar-refractivity contribution in [3.8, 4) is 22.9 Å². The van der Waals surface area contributed by atoms with E-state index in [4.69, 9.17) is 5.26 Å². The lowest BCUT2D eigenvalue weighted by molar-refractivity contribution is 0.474. The third-order valence-electron chi connectivity index (χ3n) is 2.50. The van der Waals surface area contributed by atoms with Crippen molar-refractivity contribution in [2.75, 3.05) is 0 Å². The van der Waals surface area contributed by atoms with Crippen LogP contribution in [0.25, 0.3) is 11.1 Å². The number of hydrogen-bond donors (Lipinski definition) is 1. The molecule has 16 heavy (non-hydrogen) atoms. The van der Waals surface area contributed by atoms with E-state index < -0.39 is 0 Å². The lowest BCUT2D eigenvalue weighted by atomic mass is 10.0. The first kappa shape index (κ1) is 10.3. The van der Waals surface area contributed by atoms with Gasteiger partial charge in [0.15, 0.2) is 0 Å². The molecule has 78 valence electrons. The Morgan fingerprint density at radius 3 is 2.19 bits per heavy atom. The molecule has 2 aromatic carbocycles. The topological polar surface area (TPSA) is 44.0 Å². The molecule has 0 unspecified atom stereocenters. The van der Waals surface area contributed by atoms with Crippen molar-refractivity contribution in [1.29, 1.82) is 5.26 Å². The van der Waals surface area contributed by atoms with Gasteiger partial charge in [-0.3, -0.25) is 0 Å². The first-order valence-corrected chi connectivity index (χ1v) is 5.01. The summed E-state index contributed by atoms with van der Waals surface area (Å²) in [7, 11) is 0. The monoisotopic (exact) mass is 209 g/mol. The van der Waals surface area contributed by atoms with Crippen LogP contribution >= 0.6 is 0 Å². The van der Waals surface area contributed by atoms with Crippen LogP contribution in [0, 0.1) is 18.3 Å². The molecular formula is C14H11NO. The molecule has 2 aromatic rings. The smallest absolute Gasteiger partial charge is 0.133 e. The SMILES string of the molecule is Cc1ccc(-c2ccc(C#N)c(O)c2)cc1. The average Bonchev–Trinajstić information content (AvgIpc) is 2.30. The fraction of sp³-hybridized carbons (Fsp3) is 0.0714. The second kappa shape index (κ2) is 4.08. The minimum atomic E-state index is 0.0283. The zero-order valence-electron chi connectivity index (χ0n) is 8.94. The highest BCUT2D eigenvalue weighted by atomic mass is 16.3. The van der Waals surface area contributed by atoms with Gasteiger partial charge < -0.3 is 5.11 Å². The van der Waals surface area contributed by atoms with Crippen molar-refractivity contribution >= 4 is 0 Å². The maximum Gasteiger partial charge on any atom is 0.133 e. The van der Waals surface area contributed by atoms with Crippen molar-refractivity contribution in [3.05, 3.63) is 53.6 Å². The summed E-state index contributed by atoms with van der Waals surface area (Å²) in [6.45, 7) is 2.03. The van der Waals surface area contributed by atoms with Gasteiger partial charge in [-0.05, 0) is 30.2 Å². The second-order valence-corrected chi connectivity index (χ2v) is 3.71. The summed E-state index contributed by atoms with van der Waals surface area (Å²) in [5.74, 6) is 0.0283. The van der Waals surface area contributed by atoms with E-state index in [0.717, 1.165) is 11.1 Å². The first-order chi connectivity index (χ1) is 7.70. The highest BCUT2D eigenvalue weighted by Gasteiger charge is 2.03. The first-order valence-electron chi connectivity index (χ1n) is 5.01. The largest absolute Gasteiger partial charge is 0.507 e. The molecule has 0 heterocycles. The van der Waals surface area contributed by atoms with Gasteiger partial charge in [-0.25, -0.2) is 0 Å². The van der Waals surface area contributed by atoms with E-state index >= 15 is 0 Å². The van der Waals surface area contributed by atoms with Gasteiger partial charge in [0.05, 0.1) is 5.56 Å². The van der Waals surface area contributed by atoms with E-state index in [-0.39, 0.29) is 5.75 Å². The lowest BCUT2D eigenvalue weighted by Gasteiger charge is -2.03. The number of nitrogens with zero attached hydrogens (tertiary/aromatic N) is 1. The quantitative estimate of drug-likeness (QED) is 0.783. The predicted molar refractivity (Wildman–Crippen MR) is 63.0 cm³/mol. The molecule has 0 aliphatic heterocycles. The zero-order valence-corrected chi connectivity index (χ0v) is 8.94. The van der Waals surface area contributed by atoms with Crippen molar-refractivity contribution in [3.63, 3.8) is 0 Å². The molecule has 0 aliphatic carbocycles. The van der Waals surface area contributed by atoms with Gasteiger partial charge in [0.25, 0.3) is 0 Å². The summed E-state index contributed by atoms with van der Waals surface area (Å²) in [5.41, 5.74) is 3.44. The van der Waals surface area contributed by atoms with E-state index in [1.54, 1.807) is 12.1 Å². The van der Waals surface area contributed by atoms with Crippen LogP contribution in [0.3, 0.4) is 0 Å². The Kier molecular flexibility index (Phi) is 2.61. The maximum atomic E-state index is 9.58. The number of hydrogen-bond acceptors (Lipinski definition) is 2. The summed E-state index contributed by atoms with van der Waals surface area (Å²) in [6, 6.07) is 15.0. The Bertz CT molecular complexity index is 550. The van der Waals surface area contributed by atoms with E-state index in [9.17, 15) is 5.11 Å². The fourth-order valence-electron chi connectivity index (χ4n) is 1.55. The molecule has 0 amide bonds. The van der Waals surface area contributed by atoms with Crippen LogP contribution in [0.5, 0.6) is 5.75 Å². The molecule has 2 heteroatoms. The highest BCUT2D eigenvalue weighted by molar-refractivity contribution is 5.67. The van der Waals surface area contributed by atoms with E-state index in [1.165, 1.54) is 5.56 Å². The van der Waals surface area contributed by atoms with E-state index in [0.29, 0.717) is 5.56 Å². The Labute approximate surface area is 94.4 Å². The molecule has 0 bridgehead atoms. The van der Waals surface area contributed by atoms with Crippen LogP contribution in [0.2, 0.25) is 0 Å². The lowest BCUT2D eigenvalue weighted by Crippen LogP contribution is -1.81. The molecule has 0 spiro atoms. The standard InChI is InChI=1S/C14H11NO/c1-10-2-4-11(5-3-10)12-6-7-13(9-15)14(16)8-12/h2-8,16H,1H3. The number of nitriles is 1. The molecular weight excluding hydrogens is 198 g/mol. The summed E-state index contributed by atoms with van der Waals surface area (Å²) < 4.78 is 0. The van der Waals surface area contributed by atoms with E-state index in [2.05, 4.69) is 0 Å². The number of aryl methyl sites for hydroxylation is 1. The molecule has 0 aromatic heterocycles. The van der Waals surface area contributed by atoms with Gasteiger partial charge in [0, 0.05) is 0 Å². The molecule has 0 atom stereocenters. The van der Waals surface area contributed by atoms with Crippen LogP contribution in [0.15, 0.2) is 42.5 Å². The molecule has 0 saturated heterocycles. The van der Waals surface area contributed by atoms with Crippen LogP contribution in [0.4, 0.5) is 0 Å². The molecule has 0 saturated carbocycles. The minimum absolute atomic E-state index is 0.0283. The third kappa shape index (κ3) is 1.89. The van der Waals surface area contributed by atoms with E-state index in [1.807, 2.05) is 43.3 Å². The van der Waals surface area contributed by atoms with Gasteiger partial charge in [-0.1, -0.05) is 35.9 Å². The van der Waals surface area contributed by atoms with Crippen LogP contribution in [-0.4, -0.2) is 5.11 Å². The summed E-state index contributed by atoms with van der Waals surface area (Å²) in [6.07, 6.45) is 0. The minimum Gasteiger partial charge on any atom is -0.507 e. The summed E-state index contributed by atoms with van der Waals surface area (Å²) in [5, 5.41) is 18.3. The van der Waals surface area contributed by atoms with Gasteiger partial charge in [0.2, 0.25) is 0 Å². The zero-order chi connectivity index (χ0) is 11.5. The van der Waals surface area contributed by atoms with Gasteiger partial charge in [0.1, 0.15) is 11.8 Å². The van der Waals surface area contributed by atoms with Gasteiger partial charge in [-0.2, -0.15) is 5.26 Å². The Morgan fingerprint density at radius 2 is 1.62 bits per heavy atom. The molecule has 1 N–H and O–H groups in total. The van der Waals surface area contributed by atoms with Crippen molar-refractivity contribution in [1.82, 2.24) is 0 Å². The van der Waals surface area contributed by atoms with Crippen molar-refractivity contribution < 1.29 is 5.11 Å². The molecule has 2 rings (SSSR count). The Hall–Kier alpha value is -2.27. The number of rotatable bonds is 1. The second-order valence-electron chi connectivity index (χ2n) is 3.71. The highest BCUT2D eigenvalue weighted by Crippen LogP contribution is 2.26. The predicted octanol–water partition coefficient (Wildman–Crippen LogP) is 3.24. The third-order valence-corrected chi connectivity index (χ3v) is 2.50. The van der Waals surface area contributed by atoms with Gasteiger partial charge in [-0.15, -0.1) is 0 Å². The normalized spacial score (nSPS) is 9.75. The number of phenols is 1. The summed E-state index contributed by atoms with van der Waals surface area (Å²) >= 11 is 0. The fourth-order valence-corrected chi connectivity index (χ4v) is 1.55. The molecule has 0 radical (unpaired) electrons. The maximum absolute atomic E-state index is 9.58. The molecule has 0 fully saturated rings. The van der Waals surface area contributed by atoms with Gasteiger partial charge >= 0.3 is 0 Å². The molecule has 0 aliphatic rings. The average molecular weight is 209 g/mol. The van der Waals surface area contributed by atoms with Crippen LogP contribution in [0.1, 0.15) is 11.1 Å². The van der Waals surface area contributed by atoms with Crippen molar-refractivity contribution in [2.24, 2.45) is 0 Å². The number of aromatic hydroxyl groups is 1.